The first kappa shape index (κ1) is 9.58. The smallest absolute Gasteiger partial charge is 0.128 e. The Hall–Kier alpha value is -0.970. The van der Waals surface area contributed by atoms with E-state index in [1.54, 1.807) is 12.1 Å². The highest BCUT2D eigenvalue weighted by Gasteiger charge is 2.25. The van der Waals surface area contributed by atoms with Crippen molar-refractivity contribution >= 4 is 0 Å². The van der Waals surface area contributed by atoms with Gasteiger partial charge in [0.1, 0.15) is 5.82 Å². The third-order valence-electron chi connectivity index (χ3n) is 2.48. The highest BCUT2D eigenvalue weighted by molar-refractivity contribution is 5.22. The average Bonchev–Trinajstić information content (AvgIpc) is 2.67. The van der Waals surface area contributed by atoms with E-state index in [9.17, 15) is 4.39 Å². The Morgan fingerprint density at radius 1 is 1.36 bits per heavy atom. The lowest BCUT2D eigenvalue weighted by molar-refractivity contribution is 0.251. The molecule has 0 spiro atoms. The van der Waals surface area contributed by atoms with Crippen molar-refractivity contribution in [1.82, 2.24) is 10.9 Å². The first-order chi connectivity index (χ1) is 6.81. The first-order valence-electron chi connectivity index (χ1n) is 4.67. The van der Waals surface area contributed by atoms with E-state index < -0.39 is 0 Å². The maximum absolute atomic E-state index is 13.3. The van der Waals surface area contributed by atoms with Crippen molar-refractivity contribution in [2.45, 2.75) is 18.5 Å². The second-order valence-corrected chi connectivity index (χ2v) is 3.48. The average molecular weight is 196 g/mol. The molecule has 0 saturated carbocycles. The monoisotopic (exact) mass is 196 g/mol. The lowest BCUT2D eigenvalue weighted by atomic mass is 10.0. The van der Waals surface area contributed by atoms with E-state index in [2.05, 4.69) is 10.9 Å². The molecule has 14 heavy (non-hydrogen) atoms. The van der Waals surface area contributed by atoms with Gasteiger partial charge in [-0.1, -0.05) is 18.2 Å². The normalized spacial score (nSPS) is 26.7. The Balaban J connectivity index is 2.13. The second-order valence-electron chi connectivity index (χ2n) is 3.48. The number of hydrogen-bond acceptors (Lipinski definition) is 3. The van der Waals surface area contributed by atoms with E-state index in [1.807, 2.05) is 6.07 Å². The molecule has 2 unspecified atom stereocenters. The molecule has 1 aliphatic rings. The molecule has 1 saturated heterocycles. The van der Waals surface area contributed by atoms with Gasteiger partial charge >= 0.3 is 0 Å². The number of nitrogens with one attached hydrogen (secondary N) is 2. The second kappa shape index (κ2) is 4.04. The maximum Gasteiger partial charge on any atom is 0.128 e. The van der Waals surface area contributed by atoms with Crippen LogP contribution in [0.2, 0.25) is 0 Å². The minimum Gasteiger partial charge on any atom is -0.395 e. The fourth-order valence-corrected chi connectivity index (χ4v) is 1.70. The summed E-state index contributed by atoms with van der Waals surface area (Å²) in [6, 6.07) is 6.66. The Bertz CT molecular complexity index is 319. The van der Waals surface area contributed by atoms with Crippen LogP contribution in [0.15, 0.2) is 24.3 Å². The van der Waals surface area contributed by atoms with Crippen molar-refractivity contribution in [3.05, 3.63) is 35.6 Å². The highest BCUT2D eigenvalue weighted by atomic mass is 19.1. The molecule has 1 aromatic carbocycles. The largest absolute Gasteiger partial charge is 0.395 e. The zero-order chi connectivity index (χ0) is 9.97. The Kier molecular flexibility index (Phi) is 2.77. The van der Waals surface area contributed by atoms with E-state index in [0.29, 0.717) is 12.0 Å². The third-order valence-corrected chi connectivity index (χ3v) is 2.48. The van der Waals surface area contributed by atoms with E-state index in [4.69, 9.17) is 5.11 Å². The number of hydrogen-bond donors (Lipinski definition) is 3. The van der Waals surface area contributed by atoms with Gasteiger partial charge in [-0.25, -0.2) is 9.82 Å². The molecule has 2 atom stereocenters. The van der Waals surface area contributed by atoms with Crippen LogP contribution in [0.25, 0.3) is 0 Å². The molecule has 1 fully saturated rings. The SMILES string of the molecule is OCC1CC(c2ccccc2F)NN1. The molecule has 0 amide bonds. The minimum absolute atomic E-state index is 0.0135. The Morgan fingerprint density at radius 3 is 2.79 bits per heavy atom. The molecule has 0 aliphatic carbocycles. The summed E-state index contributed by atoms with van der Waals surface area (Å²) in [4.78, 5) is 0. The van der Waals surface area contributed by atoms with Gasteiger partial charge in [0.15, 0.2) is 0 Å². The van der Waals surface area contributed by atoms with Gasteiger partial charge in [-0.15, -0.1) is 0 Å². The summed E-state index contributed by atoms with van der Waals surface area (Å²) in [7, 11) is 0. The Labute approximate surface area is 81.9 Å². The van der Waals surface area contributed by atoms with Gasteiger partial charge in [0.2, 0.25) is 0 Å². The lowest BCUT2D eigenvalue weighted by Crippen LogP contribution is -2.32. The first-order valence-corrected chi connectivity index (χ1v) is 4.67. The van der Waals surface area contributed by atoms with Crippen molar-refractivity contribution in [2.24, 2.45) is 0 Å². The van der Waals surface area contributed by atoms with E-state index in [-0.39, 0.29) is 24.5 Å². The van der Waals surface area contributed by atoms with Crippen LogP contribution in [0.4, 0.5) is 4.39 Å². The maximum atomic E-state index is 13.3. The van der Waals surface area contributed by atoms with E-state index in [0.717, 1.165) is 0 Å². The highest BCUT2D eigenvalue weighted by Crippen LogP contribution is 2.23. The van der Waals surface area contributed by atoms with Gasteiger partial charge < -0.3 is 5.11 Å². The van der Waals surface area contributed by atoms with Crippen LogP contribution in [-0.2, 0) is 0 Å². The summed E-state index contributed by atoms with van der Waals surface area (Å²) in [5, 5.41) is 8.90. The molecule has 0 aromatic heterocycles. The van der Waals surface area contributed by atoms with Crippen LogP contribution in [0.3, 0.4) is 0 Å². The molecule has 76 valence electrons. The van der Waals surface area contributed by atoms with Gasteiger partial charge in [0.25, 0.3) is 0 Å². The van der Waals surface area contributed by atoms with Crippen molar-refractivity contribution < 1.29 is 9.50 Å². The van der Waals surface area contributed by atoms with Crippen LogP contribution in [-0.4, -0.2) is 17.8 Å². The zero-order valence-corrected chi connectivity index (χ0v) is 7.70. The number of aliphatic hydroxyl groups excluding tert-OH is 1. The molecule has 0 bridgehead atoms. The van der Waals surface area contributed by atoms with Gasteiger partial charge in [-0.2, -0.15) is 0 Å². The molecule has 4 heteroatoms. The number of hydrazine groups is 1. The van der Waals surface area contributed by atoms with Crippen LogP contribution in [0.5, 0.6) is 0 Å². The number of halogens is 1. The standard InChI is InChI=1S/C10H13FN2O/c11-9-4-2-1-3-8(9)10-5-7(6-14)12-13-10/h1-4,7,10,12-14H,5-6H2. The van der Waals surface area contributed by atoms with E-state index in [1.165, 1.54) is 6.07 Å². The van der Waals surface area contributed by atoms with Crippen molar-refractivity contribution in [3.63, 3.8) is 0 Å². The molecule has 0 radical (unpaired) electrons. The van der Waals surface area contributed by atoms with Crippen LogP contribution < -0.4 is 10.9 Å². The number of aliphatic hydroxyl groups is 1. The fourth-order valence-electron chi connectivity index (χ4n) is 1.70. The van der Waals surface area contributed by atoms with Crippen LogP contribution in [0, 0.1) is 5.82 Å². The van der Waals surface area contributed by atoms with Crippen molar-refractivity contribution in [1.29, 1.82) is 0 Å². The quantitative estimate of drug-likeness (QED) is 0.653. The van der Waals surface area contributed by atoms with Gasteiger partial charge in [-0.3, -0.25) is 5.43 Å². The molecular weight excluding hydrogens is 183 g/mol. The number of benzene rings is 1. The minimum atomic E-state index is -0.203. The van der Waals surface area contributed by atoms with Crippen LogP contribution in [0.1, 0.15) is 18.0 Å². The molecule has 1 heterocycles. The summed E-state index contributed by atoms with van der Waals surface area (Å²) < 4.78 is 13.3. The lowest BCUT2D eigenvalue weighted by Gasteiger charge is -2.10. The fraction of sp³-hybridized carbons (Fsp3) is 0.400. The van der Waals surface area contributed by atoms with Gasteiger partial charge in [-0.05, 0) is 12.5 Å². The number of rotatable bonds is 2. The molecular formula is C10H13FN2O. The predicted molar refractivity (Wildman–Crippen MR) is 50.9 cm³/mol. The summed E-state index contributed by atoms with van der Waals surface area (Å²) in [5.74, 6) is -0.203. The molecule has 3 N–H and O–H groups in total. The summed E-state index contributed by atoms with van der Waals surface area (Å²) in [6.07, 6.45) is 0.706. The molecule has 3 nitrogen and oxygen atoms in total. The predicted octanol–water partition coefficient (Wildman–Crippen LogP) is 0.726. The zero-order valence-electron chi connectivity index (χ0n) is 7.70. The van der Waals surface area contributed by atoms with Crippen molar-refractivity contribution in [2.75, 3.05) is 6.61 Å². The molecule has 2 rings (SSSR count). The Morgan fingerprint density at radius 2 is 2.14 bits per heavy atom. The summed E-state index contributed by atoms with van der Waals surface area (Å²) in [6.45, 7) is 0.0674. The van der Waals surface area contributed by atoms with Gasteiger partial charge in [0.05, 0.1) is 12.6 Å². The summed E-state index contributed by atoms with van der Waals surface area (Å²) >= 11 is 0. The third kappa shape index (κ3) is 1.77. The topological polar surface area (TPSA) is 44.3 Å². The molecule has 1 aromatic rings. The molecule has 1 aliphatic heterocycles. The van der Waals surface area contributed by atoms with Crippen LogP contribution >= 0.6 is 0 Å². The van der Waals surface area contributed by atoms with Crippen molar-refractivity contribution in [3.8, 4) is 0 Å². The van der Waals surface area contributed by atoms with Gasteiger partial charge in [0, 0.05) is 11.6 Å². The van der Waals surface area contributed by atoms with E-state index >= 15 is 0 Å². The summed E-state index contributed by atoms with van der Waals surface area (Å²) in [5.41, 5.74) is 6.53.